The normalized spacial score (nSPS) is 20.4. The van der Waals surface area contributed by atoms with Crippen LogP contribution in [-0.4, -0.2) is 44.3 Å². The van der Waals surface area contributed by atoms with E-state index < -0.39 is 0 Å². The second kappa shape index (κ2) is 4.89. The van der Waals surface area contributed by atoms with Crippen LogP contribution in [0.25, 0.3) is 0 Å². The van der Waals surface area contributed by atoms with E-state index in [1.807, 2.05) is 0 Å². The summed E-state index contributed by atoms with van der Waals surface area (Å²) in [6.45, 7) is 6.53. The van der Waals surface area contributed by atoms with E-state index in [0.717, 1.165) is 56.5 Å². The zero-order valence-corrected chi connectivity index (χ0v) is 9.91. The molecule has 1 aromatic heterocycles. The van der Waals surface area contributed by atoms with Crippen molar-refractivity contribution >= 4 is 5.82 Å². The average molecular weight is 234 g/mol. The Morgan fingerprint density at radius 3 is 2.88 bits per heavy atom. The number of nitrogens with zero attached hydrogens (tertiary/aromatic N) is 2. The molecule has 0 saturated carbocycles. The van der Waals surface area contributed by atoms with Crippen LogP contribution in [0.5, 0.6) is 5.88 Å². The molecule has 92 valence electrons. The Kier molecular flexibility index (Phi) is 3.11. The van der Waals surface area contributed by atoms with Crippen LogP contribution in [0.15, 0.2) is 12.1 Å². The summed E-state index contributed by atoms with van der Waals surface area (Å²) in [7, 11) is 0. The minimum absolute atomic E-state index is 0.699. The van der Waals surface area contributed by atoms with Crippen molar-refractivity contribution in [2.24, 2.45) is 0 Å². The van der Waals surface area contributed by atoms with Crippen LogP contribution in [0.4, 0.5) is 5.82 Å². The van der Waals surface area contributed by atoms with Gasteiger partial charge in [0, 0.05) is 44.8 Å². The summed E-state index contributed by atoms with van der Waals surface area (Å²) < 4.78 is 5.66. The van der Waals surface area contributed by atoms with Crippen LogP contribution >= 0.6 is 0 Å². The van der Waals surface area contributed by atoms with Crippen molar-refractivity contribution in [3.05, 3.63) is 17.7 Å². The first-order chi connectivity index (χ1) is 8.43. The molecule has 0 radical (unpaired) electrons. The molecule has 0 bridgehead atoms. The lowest BCUT2D eigenvalue weighted by Gasteiger charge is -2.28. The van der Waals surface area contributed by atoms with E-state index in [4.69, 9.17) is 4.74 Å². The average Bonchev–Trinajstić information content (AvgIpc) is 2.64. The van der Waals surface area contributed by atoms with Gasteiger partial charge in [0.15, 0.2) is 0 Å². The van der Waals surface area contributed by atoms with Crippen LogP contribution in [-0.2, 0) is 6.54 Å². The maximum atomic E-state index is 5.66. The Labute approximate surface area is 101 Å². The van der Waals surface area contributed by atoms with Crippen molar-refractivity contribution < 1.29 is 4.74 Å². The van der Waals surface area contributed by atoms with Crippen LogP contribution in [0.3, 0.4) is 0 Å². The molecule has 1 aromatic rings. The Hall–Kier alpha value is -1.33. The van der Waals surface area contributed by atoms with E-state index >= 15 is 0 Å². The zero-order chi connectivity index (χ0) is 11.5. The number of rotatable bonds is 1. The van der Waals surface area contributed by atoms with Gasteiger partial charge in [-0.25, -0.2) is 0 Å². The van der Waals surface area contributed by atoms with Gasteiger partial charge in [0.05, 0.1) is 0 Å². The van der Waals surface area contributed by atoms with Crippen molar-refractivity contribution in [2.75, 3.05) is 44.2 Å². The van der Waals surface area contributed by atoms with Gasteiger partial charge in [0.2, 0.25) is 5.88 Å². The van der Waals surface area contributed by atoms with E-state index in [0.29, 0.717) is 6.61 Å². The smallest absolute Gasteiger partial charge is 0.219 e. The molecule has 3 heterocycles. The lowest BCUT2D eigenvalue weighted by molar-refractivity contribution is 0.314. The fourth-order valence-corrected chi connectivity index (χ4v) is 2.23. The van der Waals surface area contributed by atoms with Gasteiger partial charge in [-0.2, -0.15) is 4.98 Å². The SMILES string of the molecule is c1cc2c(nc1N1CCNCC1)OCCNC2. The number of fused-ring (bicyclic) bond motifs is 1. The zero-order valence-electron chi connectivity index (χ0n) is 9.91. The van der Waals surface area contributed by atoms with Gasteiger partial charge >= 0.3 is 0 Å². The second-order valence-electron chi connectivity index (χ2n) is 4.40. The first kappa shape index (κ1) is 10.8. The number of piperazine rings is 1. The fourth-order valence-electron chi connectivity index (χ4n) is 2.23. The van der Waals surface area contributed by atoms with Crippen LogP contribution in [0.2, 0.25) is 0 Å². The highest BCUT2D eigenvalue weighted by Gasteiger charge is 2.15. The van der Waals surface area contributed by atoms with E-state index in [1.54, 1.807) is 0 Å². The first-order valence-corrected chi connectivity index (χ1v) is 6.22. The van der Waals surface area contributed by atoms with E-state index in [9.17, 15) is 0 Å². The molecule has 0 aromatic carbocycles. The lowest BCUT2D eigenvalue weighted by Crippen LogP contribution is -2.43. The molecule has 0 atom stereocenters. The molecule has 0 unspecified atom stereocenters. The number of aromatic nitrogens is 1. The molecule has 2 aliphatic rings. The molecule has 5 heteroatoms. The van der Waals surface area contributed by atoms with Crippen molar-refractivity contribution in [2.45, 2.75) is 6.54 Å². The minimum atomic E-state index is 0.699. The third-order valence-corrected chi connectivity index (χ3v) is 3.20. The molecule has 5 nitrogen and oxygen atoms in total. The Bertz CT molecular complexity index is 390. The Balaban J connectivity index is 1.83. The predicted molar refractivity (Wildman–Crippen MR) is 66.5 cm³/mol. The predicted octanol–water partition coefficient (Wildman–Crippen LogP) is -0.0268. The highest BCUT2D eigenvalue weighted by atomic mass is 16.5. The number of ether oxygens (including phenoxy) is 1. The summed E-state index contributed by atoms with van der Waals surface area (Å²) in [5, 5.41) is 6.66. The number of anilines is 1. The largest absolute Gasteiger partial charge is 0.476 e. The molecule has 0 aliphatic carbocycles. The van der Waals surface area contributed by atoms with E-state index in [-0.39, 0.29) is 0 Å². The van der Waals surface area contributed by atoms with Crippen LogP contribution in [0.1, 0.15) is 5.56 Å². The summed E-state index contributed by atoms with van der Waals surface area (Å²) >= 11 is 0. The molecule has 0 amide bonds. The molecule has 1 fully saturated rings. The van der Waals surface area contributed by atoms with Gasteiger partial charge < -0.3 is 20.3 Å². The highest BCUT2D eigenvalue weighted by molar-refractivity contribution is 5.44. The van der Waals surface area contributed by atoms with Gasteiger partial charge in [-0.15, -0.1) is 0 Å². The number of hydrogen-bond acceptors (Lipinski definition) is 5. The van der Waals surface area contributed by atoms with Crippen molar-refractivity contribution in [3.8, 4) is 5.88 Å². The number of pyridine rings is 1. The Morgan fingerprint density at radius 2 is 2.00 bits per heavy atom. The molecule has 0 spiro atoms. The standard InChI is InChI=1S/C12H18N4O/c1-2-11(16-6-3-13-4-7-16)15-12-10(1)9-14-5-8-17-12/h1-2,13-14H,3-9H2. The number of hydrogen-bond donors (Lipinski definition) is 2. The fraction of sp³-hybridized carbons (Fsp3) is 0.583. The molecular weight excluding hydrogens is 216 g/mol. The van der Waals surface area contributed by atoms with Gasteiger partial charge in [-0.3, -0.25) is 0 Å². The molecule has 2 aliphatic heterocycles. The van der Waals surface area contributed by atoms with E-state index in [1.165, 1.54) is 0 Å². The molecule has 3 rings (SSSR count). The van der Waals surface area contributed by atoms with Crippen molar-refractivity contribution in [3.63, 3.8) is 0 Å². The third-order valence-electron chi connectivity index (χ3n) is 3.20. The van der Waals surface area contributed by atoms with Gasteiger partial charge in [0.1, 0.15) is 12.4 Å². The molecule has 17 heavy (non-hydrogen) atoms. The molecule has 1 saturated heterocycles. The summed E-state index contributed by atoms with van der Waals surface area (Å²) in [4.78, 5) is 6.94. The van der Waals surface area contributed by atoms with Crippen LogP contribution in [0, 0.1) is 0 Å². The van der Waals surface area contributed by atoms with Crippen molar-refractivity contribution in [1.82, 2.24) is 15.6 Å². The maximum Gasteiger partial charge on any atom is 0.219 e. The Morgan fingerprint density at radius 1 is 1.12 bits per heavy atom. The topological polar surface area (TPSA) is 49.4 Å². The maximum absolute atomic E-state index is 5.66. The molecular formula is C12H18N4O. The quantitative estimate of drug-likeness (QED) is 0.715. The third kappa shape index (κ3) is 2.35. The minimum Gasteiger partial charge on any atom is -0.476 e. The monoisotopic (exact) mass is 234 g/mol. The van der Waals surface area contributed by atoms with Gasteiger partial charge in [-0.1, -0.05) is 0 Å². The van der Waals surface area contributed by atoms with Gasteiger partial charge in [-0.05, 0) is 12.1 Å². The summed E-state index contributed by atoms with van der Waals surface area (Å²) in [5.41, 5.74) is 1.15. The van der Waals surface area contributed by atoms with Gasteiger partial charge in [0.25, 0.3) is 0 Å². The highest BCUT2D eigenvalue weighted by Crippen LogP contribution is 2.22. The second-order valence-corrected chi connectivity index (χ2v) is 4.40. The van der Waals surface area contributed by atoms with E-state index in [2.05, 4.69) is 32.7 Å². The lowest BCUT2D eigenvalue weighted by atomic mass is 10.2. The van der Waals surface area contributed by atoms with Crippen LogP contribution < -0.4 is 20.3 Å². The summed E-state index contributed by atoms with van der Waals surface area (Å²) in [5.74, 6) is 1.83. The number of nitrogens with one attached hydrogen (secondary N) is 2. The first-order valence-electron chi connectivity index (χ1n) is 6.22. The summed E-state index contributed by atoms with van der Waals surface area (Å²) in [6.07, 6.45) is 0. The molecule has 2 N–H and O–H groups in total. The van der Waals surface area contributed by atoms with Crippen molar-refractivity contribution in [1.29, 1.82) is 0 Å². The summed E-state index contributed by atoms with van der Waals surface area (Å²) in [6, 6.07) is 4.22.